The van der Waals surface area contributed by atoms with Gasteiger partial charge in [0.1, 0.15) is 5.82 Å². The van der Waals surface area contributed by atoms with Crippen LogP contribution in [-0.4, -0.2) is 11.5 Å². The first-order chi connectivity index (χ1) is 9.63. The van der Waals surface area contributed by atoms with E-state index in [-0.39, 0.29) is 16.9 Å². The van der Waals surface area contributed by atoms with Gasteiger partial charge < -0.3 is 5.32 Å². The molecule has 1 unspecified atom stereocenters. The fourth-order valence-electron chi connectivity index (χ4n) is 2.15. The first-order valence-corrected chi connectivity index (χ1v) is 7.95. The van der Waals surface area contributed by atoms with Crippen molar-refractivity contribution < 1.29 is 4.39 Å². The van der Waals surface area contributed by atoms with Gasteiger partial charge in [-0.15, -0.1) is 11.3 Å². The molecule has 1 heterocycles. The van der Waals surface area contributed by atoms with Crippen molar-refractivity contribution in [1.82, 2.24) is 10.3 Å². The van der Waals surface area contributed by atoms with E-state index in [4.69, 9.17) is 11.6 Å². The van der Waals surface area contributed by atoms with Gasteiger partial charge in [-0.1, -0.05) is 30.7 Å². The molecule has 0 aliphatic rings. The molecule has 108 valence electrons. The van der Waals surface area contributed by atoms with Crippen molar-refractivity contribution in [3.63, 3.8) is 0 Å². The van der Waals surface area contributed by atoms with Gasteiger partial charge >= 0.3 is 0 Å². The highest BCUT2D eigenvalue weighted by Crippen LogP contribution is 2.27. The van der Waals surface area contributed by atoms with E-state index < -0.39 is 0 Å². The molecule has 1 aromatic carbocycles. The summed E-state index contributed by atoms with van der Waals surface area (Å²) in [5.41, 5.74) is 3.48. The standard InChI is InChI=1S/C15H18ClFN2S/c1-3-7-18-13(15-10(2)19-9-20-15)8-11-5-4-6-12(16)14(11)17/h4-6,9,13,18H,3,7-8H2,1-2H3. The molecule has 0 saturated heterocycles. The van der Waals surface area contributed by atoms with Crippen LogP contribution in [0.2, 0.25) is 5.02 Å². The van der Waals surface area contributed by atoms with E-state index in [9.17, 15) is 4.39 Å². The number of thiazole rings is 1. The number of hydrogen-bond acceptors (Lipinski definition) is 3. The van der Waals surface area contributed by atoms with Crippen molar-refractivity contribution >= 4 is 22.9 Å². The van der Waals surface area contributed by atoms with Gasteiger partial charge in [-0.2, -0.15) is 0 Å². The van der Waals surface area contributed by atoms with Crippen LogP contribution in [0.4, 0.5) is 4.39 Å². The van der Waals surface area contributed by atoms with E-state index in [2.05, 4.69) is 17.2 Å². The molecule has 1 aromatic heterocycles. The van der Waals surface area contributed by atoms with Gasteiger partial charge in [0.25, 0.3) is 0 Å². The van der Waals surface area contributed by atoms with Crippen molar-refractivity contribution in [3.8, 4) is 0 Å². The largest absolute Gasteiger partial charge is 0.309 e. The molecule has 2 rings (SSSR count). The van der Waals surface area contributed by atoms with Crippen LogP contribution in [-0.2, 0) is 6.42 Å². The molecular weight excluding hydrogens is 295 g/mol. The van der Waals surface area contributed by atoms with Crippen LogP contribution in [0, 0.1) is 12.7 Å². The maximum Gasteiger partial charge on any atom is 0.145 e. The van der Waals surface area contributed by atoms with Crippen molar-refractivity contribution in [2.75, 3.05) is 6.54 Å². The third kappa shape index (κ3) is 3.57. The van der Waals surface area contributed by atoms with Crippen molar-refractivity contribution in [3.05, 3.63) is 50.7 Å². The minimum absolute atomic E-state index is 0.0791. The number of aryl methyl sites for hydroxylation is 1. The first kappa shape index (κ1) is 15.4. The molecule has 0 aliphatic heterocycles. The van der Waals surface area contributed by atoms with Crippen LogP contribution in [0.1, 0.15) is 35.5 Å². The molecule has 2 nitrogen and oxygen atoms in total. The van der Waals surface area contributed by atoms with Gasteiger partial charge in [0, 0.05) is 10.9 Å². The van der Waals surface area contributed by atoms with Crippen molar-refractivity contribution in [2.45, 2.75) is 32.7 Å². The van der Waals surface area contributed by atoms with Gasteiger partial charge in [0.05, 0.1) is 16.2 Å². The van der Waals surface area contributed by atoms with E-state index in [1.54, 1.807) is 29.5 Å². The van der Waals surface area contributed by atoms with Crippen LogP contribution in [0.5, 0.6) is 0 Å². The molecule has 20 heavy (non-hydrogen) atoms. The van der Waals surface area contributed by atoms with Crippen LogP contribution in [0.25, 0.3) is 0 Å². The molecule has 0 aliphatic carbocycles. The lowest BCUT2D eigenvalue weighted by Gasteiger charge is -2.18. The molecule has 0 fully saturated rings. The SMILES string of the molecule is CCCNC(Cc1cccc(Cl)c1F)c1scnc1C. The Balaban J connectivity index is 2.24. The zero-order valence-corrected chi connectivity index (χ0v) is 13.2. The Morgan fingerprint density at radius 2 is 2.25 bits per heavy atom. The topological polar surface area (TPSA) is 24.9 Å². The average Bonchev–Trinajstić information content (AvgIpc) is 2.85. The molecule has 1 N–H and O–H groups in total. The van der Waals surface area contributed by atoms with Crippen molar-refractivity contribution in [2.24, 2.45) is 0 Å². The van der Waals surface area contributed by atoms with Gasteiger partial charge in [0.15, 0.2) is 0 Å². The lowest BCUT2D eigenvalue weighted by atomic mass is 10.0. The highest BCUT2D eigenvalue weighted by Gasteiger charge is 2.18. The second kappa shape index (κ2) is 7.16. The highest BCUT2D eigenvalue weighted by atomic mass is 35.5. The Labute approximate surface area is 128 Å². The summed E-state index contributed by atoms with van der Waals surface area (Å²) in [7, 11) is 0. The number of nitrogens with zero attached hydrogens (tertiary/aromatic N) is 1. The number of halogens is 2. The zero-order valence-electron chi connectivity index (χ0n) is 11.6. The van der Waals surface area contributed by atoms with Gasteiger partial charge in [-0.25, -0.2) is 9.37 Å². The average molecular weight is 313 g/mol. The fourth-order valence-corrected chi connectivity index (χ4v) is 3.22. The Morgan fingerprint density at radius 3 is 2.90 bits per heavy atom. The Kier molecular flexibility index (Phi) is 5.52. The van der Waals surface area contributed by atoms with E-state index in [0.717, 1.165) is 23.5 Å². The summed E-state index contributed by atoms with van der Waals surface area (Å²) < 4.78 is 14.1. The molecule has 0 saturated carbocycles. The zero-order chi connectivity index (χ0) is 14.5. The second-order valence-corrected chi connectivity index (χ2v) is 6.02. The molecule has 0 amide bonds. The Bertz CT molecular complexity index is 571. The normalized spacial score (nSPS) is 12.6. The van der Waals surface area contributed by atoms with E-state index in [1.165, 1.54) is 0 Å². The third-order valence-corrected chi connectivity index (χ3v) is 4.53. The van der Waals surface area contributed by atoms with Gasteiger partial charge in [-0.3, -0.25) is 0 Å². The summed E-state index contributed by atoms with van der Waals surface area (Å²) in [5.74, 6) is -0.320. The summed E-state index contributed by atoms with van der Waals surface area (Å²) in [5, 5.41) is 3.65. The van der Waals surface area contributed by atoms with E-state index in [1.807, 2.05) is 12.4 Å². The van der Waals surface area contributed by atoms with E-state index in [0.29, 0.717) is 12.0 Å². The molecule has 1 atom stereocenters. The van der Waals surface area contributed by atoms with Gasteiger partial charge in [0.2, 0.25) is 0 Å². The summed E-state index contributed by atoms with van der Waals surface area (Å²) >= 11 is 7.46. The minimum Gasteiger partial charge on any atom is -0.309 e. The third-order valence-electron chi connectivity index (χ3n) is 3.20. The monoisotopic (exact) mass is 312 g/mol. The fraction of sp³-hybridized carbons (Fsp3) is 0.400. The Hall–Kier alpha value is -0.970. The summed E-state index contributed by atoms with van der Waals surface area (Å²) in [6.07, 6.45) is 1.61. The number of rotatable bonds is 6. The van der Waals surface area contributed by atoms with Crippen LogP contribution < -0.4 is 5.32 Å². The quantitative estimate of drug-likeness (QED) is 0.848. The van der Waals surface area contributed by atoms with Crippen LogP contribution in [0.15, 0.2) is 23.7 Å². The molecule has 0 spiro atoms. The predicted octanol–water partition coefficient (Wildman–Crippen LogP) is 4.53. The number of nitrogens with one attached hydrogen (secondary N) is 1. The molecule has 0 bridgehead atoms. The Morgan fingerprint density at radius 1 is 1.45 bits per heavy atom. The summed E-state index contributed by atoms with van der Waals surface area (Å²) in [6, 6.07) is 5.23. The second-order valence-electron chi connectivity index (χ2n) is 4.73. The predicted molar refractivity (Wildman–Crippen MR) is 83.0 cm³/mol. The minimum atomic E-state index is -0.320. The van der Waals surface area contributed by atoms with Gasteiger partial charge in [-0.05, 0) is 37.9 Å². The van der Waals surface area contributed by atoms with Crippen LogP contribution in [0.3, 0.4) is 0 Å². The maximum atomic E-state index is 14.1. The smallest absolute Gasteiger partial charge is 0.145 e. The lowest BCUT2D eigenvalue weighted by molar-refractivity contribution is 0.517. The number of aromatic nitrogens is 1. The molecular formula is C15H18ClFN2S. The molecule has 2 aromatic rings. The first-order valence-electron chi connectivity index (χ1n) is 6.69. The highest BCUT2D eigenvalue weighted by molar-refractivity contribution is 7.09. The lowest BCUT2D eigenvalue weighted by Crippen LogP contribution is -2.24. The van der Waals surface area contributed by atoms with Crippen molar-refractivity contribution in [1.29, 1.82) is 0 Å². The molecule has 5 heteroatoms. The number of benzene rings is 1. The summed E-state index contributed by atoms with van der Waals surface area (Å²) in [6.45, 7) is 4.99. The molecule has 0 radical (unpaired) electrons. The maximum absolute atomic E-state index is 14.1. The summed E-state index contributed by atoms with van der Waals surface area (Å²) in [4.78, 5) is 5.45. The number of hydrogen-bond donors (Lipinski definition) is 1. The van der Waals surface area contributed by atoms with E-state index >= 15 is 0 Å². The van der Waals surface area contributed by atoms with Crippen LogP contribution >= 0.6 is 22.9 Å².